The van der Waals surface area contributed by atoms with Crippen molar-refractivity contribution in [1.29, 1.82) is 5.26 Å². The highest BCUT2D eigenvalue weighted by Crippen LogP contribution is 2.37. The summed E-state index contributed by atoms with van der Waals surface area (Å²) in [4.78, 5) is 2.41. The Bertz CT molecular complexity index is 254. The maximum atomic E-state index is 8.77. The number of nitriles is 1. The maximum Gasteiger partial charge on any atom is 0.101 e. The molecule has 0 bridgehead atoms. The van der Waals surface area contributed by atoms with Crippen molar-refractivity contribution < 1.29 is 0 Å². The second kappa shape index (κ2) is 5.65. The van der Waals surface area contributed by atoms with Gasteiger partial charge >= 0.3 is 0 Å². The highest BCUT2D eigenvalue weighted by Gasteiger charge is 2.32. The molecule has 0 aromatic carbocycles. The van der Waals surface area contributed by atoms with Gasteiger partial charge in [-0.05, 0) is 58.0 Å². The van der Waals surface area contributed by atoms with Crippen LogP contribution in [0.1, 0.15) is 39.5 Å². The van der Waals surface area contributed by atoms with Gasteiger partial charge in [0.2, 0.25) is 0 Å². The molecule has 3 atom stereocenters. The van der Waals surface area contributed by atoms with E-state index >= 15 is 0 Å². The van der Waals surface area contributed by atoms with E-state index in [1.807, 2.05) is 6.92 Å². The third-order valence-electron chi connectivity index (χ3n) is 3.56. The SMILES string of the molecule is CC1CC1CN(C)CCCCC(C)(N)C#N. The minimum absolute atomic E-state index is 0.635. The zero-order valence-electron chi connectivity index (χ0n) is 10.9. The number of hydrogen-bond donors (Lipinski definition) is 1. The fourth-order valence-corrected chi connectivity index (χ4v) is 2.07. The average Bonchev–Trinajstić information content (AvgIpc) is 2.89. The standard InChI is InChI=1S/C13H25N3/c1-11-8-12(11)9-16(3)7-5-4-6-13(2,15)10-14/h11-12H,4-9,15H2,1-3H3. The summed E-state index contributed by atoms with van der Waals surface area (Å²) in [6.07, 6.45) is 4.40. The number of nitrogens with zero attached hydrogens (tertiary/aromatic N) is 2. The lowest BCUT2D eigenvalue weighted by Gasteiger charge is -2.18. The minimum atomic E-state index is -0.635. The Kier molecular flexibility index (Phi) is 4.76. The van der Waals surface area contributed by atoms with Gasteiger partial charge in [-0.1, -0.05) is 6.92 Å². The van der Waals surface area contributed by atoms with Crippen molar-refractivity contribution in [3.05, 3.63) is 0 Å². The Morgan fingerprint density at radius 3 is 2.62 bits per heavy atom. The van der Waals surface area contributed by atoms with Gasteiger partial charge in [0, 0.05) is 6.54 Å². The molecule has 0 saturated heterocycles. The van der Waals surface area contributed by atoms with Crippen LogP contribution in [0.3, 0.4) is 0 Å². The fraction of sp³-hybridized carbons (Fsp3) is 0.923. The number of nitrogens with two attached hydrogens (primary N) is 1. The van der Waals surface area contributed by atoms with Crippen LogP contribution in [0.5, 0.6) is 0 Å². The Morgan fingerprint density at radius 1 is 1.50 bits per heavy atom. The van der Waals surface area contributed by atoms with Crippen molar-refractivity contribution in [2.24, 2.45) is 17.6 Å². The van der Waals surface area contributed by atoms with Crippen LogP contribution >= 0.6 is 0 Å². The summed E-state index contributed by atoms with van der Waals surface area (Å²) in [5, 5.41) is 8.77. The largest absolute Gasteiger partial charge is 0.314 e. The van der Waals surface area contributed by atoms with Gasteiger partial charge in [0.15, 0.2) is 0 Å². The van der Waals surface area contributed by atoms with Gasteiger partial charge in [-0.15, -0.1) is 0 Å². The summed E-state index contributed by atoms with van der Waals surface area (Å²) in [5.41, 5.74) is 5.13. The third kappa shape index (κ3) is 4.96. The van der Waals surface area contributed by atoms with Gasteiger partial charge in [-0.3, -0.25) is 0 Å². The lowest BCUT2D eigenvalue weighted by atomic mass is 9.98. The topological polar surface area (TPSA) is 53.0 Å². The van der Waals surface area contributed by atoms with Crippen molar-refractivity contribution >= 4 is 0 Å². The zero-order valence-corrected chi connectivity index (χ0v) is 10.9. The lowest BCUT2D eigenvalue weighted by Crippen LogP contribution is -2.34. The molecule has 0 spiro atoms. The van der Waals surface area contributed by atoms with E-state index in [1.165, 1.54) is 13.0 Å². The van der Waals surface area contributed by atoms with Crippen LogP contribution in [0, 0.1) is 23.2 Å². The van der Waals surface area contributed by atoms with Gasteiger partial charge in [-0.2, -0.15) is 5.26 Å². The number of rotatable bonds is 7. The number of unbranched alkanes of at least 4 members (excludes halogenated alkanes) is 1. The molecule has 0 radical (unpaired) electrons. The van der Waals surface area contributed by atoms with Gasteiger partial charge in [0.25, 0.3) is 0 Å². The van der Waals surface area contributed by atoms with Crippen molar-refractivity contribution in [2.75, 3.05) is 20.1 Å². The van der Waals surface area contributed by atoms with E-state index < -0.39 is 5.54 Å². The monoisotopic (exact) mass is 223 g/mol. The molecule has 0 heterocycles. The molecule has 3 unspecified atom stereocenters. The summed E-state index contributed by atoms with van der Waals surface area (Å²) >= 11 is 0. The number of hydrogen-bond acceptors (Lipinski definition) is 3. The van der Waals surface area contributed by atoms with Crippen molar-refractivity contribution in [2.45, 2.75) is 45.1 Å². The first-order valence-corrected chi connectivity index (χ1v) is 6.33. The average molecular weight is 223 g/mol. The molecule has 1 aliphatic carbocycles. The van der Waals surface area contributed by atoms with Crippen molar-refractivity contribution in [3.63, 3.8) is 0 Å². The van der Waals surface area contributed by atoms with E-state index in [2.05, 4.69) is 24.9 Å². The molecule has 1 rings (SSSR count). The Hall–Kier alpha value is -0.590. The predicted molar refractivity (Wildman–Crippen MR) is 66.8 cm³/mol. The summed E-state index contributed by atoms with van der Waals surface area (Å²) in [5.74, 6) is 1.87. The van der Waals surface area contributed by atoms with E-state index in [-0.39, 0.29) is 0 Å². The molecule has 0 aromatic heterocycles. The van der Waals surface area contributed by atoms with Crippen LogP contribution in [0.15, 0.2) is 0 Å². The summed E-state index contributed by atoms with van der Waals surface area (Å²) in [7, 11) is 2.19. The molecule has 3 heteroatoms. The second-order valence-electron chi connectivity index (χ2n) is 5.72. The molecule has 1 aliphatic rings. The summed E-state index contributed by atoms with van der Waals surface area (Å²) in [6.45, 7) is 6.50. The quantitative estimate of drug-likeness (QED) is 0.671. The highest BCUT2D eigenvalue weighted by atomic mass is 15.1. The molecule has 2 N–H and O–H groups in total. The van der Waals surface area contributed by atoms with Crippen LogP contribution in [0.25, 0.3) is 0 Å². The van der Waals surface area contributed by atoms with Crippen LogP contribution in [0.2, 0.25) is 0 Å². The first-order valence-electron chi connectivity index (χ1n) is 6.33. The van der Waals surface area contributed by atoms with Crippen LogP contribution in [0.4, 0.5) is 0 Å². The Labute approximate surface area is 99.6 Å². The van der Waals surface area contributed by atoms with E-state index in [4.69, 9.17) is 11.0 Å². The molecule has 92 valence electrons. The van der Waals surface area contributed by atoms with E-state index in [0.29, 0.717) is 0 Å². The summed E-state index contributed by atoms with van der Waals surface area (Å²) < 4.78 is 0. The predicted octanol–water partition coefficient (Wildman–Crippen LogP) is 1.99. The molecule has 3 nitrogen and oxygen atoms in total. The Morgan fingerprint density at radius 2 is 2.12 bits per heavy atom. The van der Waals surface area contributed by atoms with Crippen molar-refractivity contribution in [3.8, 4) is 6.07 Å². The molecule has 16 heavy (non-hydrogen) atoms. The minimum Gasteiger partial charge on any atom is -0.314 e. The van der Waals surface area contributed by atoms with E-state index in [0.717, 1.165) is 37.6 Å². The normalized spacial score (nSPS) is 27.5. The molecular formula is C13H25N3. The van der Waals surface area contributed by atoms with Gasteiger partial charge < -0.3 is 10.6 Å². The highest BCUT2D eigenvalue weighted by molar-refractivity contribution is 5.00. The molecular weight excluding hydrogens is 198 g/mol. The first-order chi connectivity index (χ1) is 7.44. The smallest absolute Gasteiger partial charge is 0.101 e. The van der Waals surface area contributed by atoms with Crippen LogP contribution in [-0.4, -0.2) is 30.6 Å². The van der Waals surface area contributed by atoms with Crippen molar-refractivity contribution in [1.82, 2.24) is 4.90 Å². The first kappa shape index (κ1) is 13.5. The molecule has 1 saturated carbocycles. The van der Waals surface area contributed by atoms with E-state index in [9.17, 15) is 0 Å². The van der Waals surface area contributed by atoms with Gasteiger partial charge in [-0.25, -0.2) is 0 Å². The molecule has 1 fully saturated rings. The van der Waals surface area contributed by atoms with Gasteiger partial charge in [0.05, 0.1) is 6.07 Å². The lowest BCUT2D eigenvalue weighted by molar-refractivity contribution is 0.303. The maximum absolute atomic E-state index is 8.77. The zero-order chi connectivity index (χ0) is 12.2. The fourth-order valence-electron chi connectivity index (χ4n) is 2.07. The van der Waals surface area contributed by atoms with Crippen LogP contribution < -0.4 is 5.73 Å². The van der Waals surface area contributed by atoms with E-state index in [1.54, 1.807) is 0 Å². The summed E-state index contributed by atoms with van der Waals surface area (Å²) in [6, 6.07) is 2.14. The Balaban J connectivity index is 2.00. The third-order valence-corrected chi connectivity index (χ3v) is 3.56. The second-order valence-corrected chi connectivity index (χ2v) is 5.72. The molecule has 0 amide bonds. The molecule has 0 aromatic rings. The molecule has 0 aliphatic heterocycles. The van der Waals surface area contributed by atoms with Gasteiger partial charge in [0.1, 0.15) is 5.54 Å². The van der Waals surface area contributed by atoms with Crippen LogP contribution in [-0.2, 0) is 0 Å².